The average Bonchev–Trinajstić information content (AvgIpc) is 2.08. The van der Waals surface area contributed by atoms with Gasteiger partial charge in [-0.1, -0.05) is 65.5 Å². The Labute approximate surface area is 90.8 Å². The fraction of sp³-hybridized carbons (Fsp3) is 0.857. The average molecular weight is 195 g/mol. The zero-order valence-electron chi connectivity index (χ0n) is 10.3. The molecule has 14 heavy (non-hydrogen) atoms. The van der Waals surface area contributed by atoms with Crippen molar-refractivity contribution < 1.29 is 0 Å². The molecule has 0 aliphatic carbocycles. The fourth-order valence-corrected chi connectivity index (χ4v) is 1.62. The van der Waals surface area contributed by atoms with Crippen LogP contribution in [-0.4, -0.2) is 0 Å². The molecular weight excluding hydrogens is 168 g/mol. The number of rotatable bonds is 8. The smallest absolute Gasteiger partial charge is 0.0348 e. The van der Waals surface area contributed by atoms with E-state index in [0.717, 1.165) is 6.42 Å². The van der Waals surface area contributed by atoms with E-state index in [9.17, 15) is 0 Å². The first-order valence-corrected chi connectivity index (χ1v) is 6.10. The zero-order valence-corrected chi connectivity index (χ0v) is 10.3. The highest BCUT2D eigenvalue weighted by molar-refractivity contribution is 4.63. The third kappa shape index (κ3) is 11.7. The van der Waals surface area contributed by atoms with Crippen LogP contribution in [0.2, 0.25) is 0 Å². The minimum Gasteiger partial charge on any atom is -0.0845 e. The van der Waals surface area contributed by atoms with Crippen LogP contribution in [-0.2, 0) is 0 Å². The van der Waals surface area contributed by atoms with Gasteiger partial charge in [0.2, 0.25) is 0 Å². The number of hydrogen-bond donors (Lipinski definition) is 0. The Bertz CT molecular complexity index is 127. The van der Waals surface area contributed by atoms with Crippen molar-refractivity contribution in [2.24, 2.45) is 5.41 Å². The maximum Gasteiger partial charge on any atom is -0.0348 e. The van der Waals surface area contributed by atoms with Gasteiger partial charge in [0.15, 0.2) is 0 Å². The van der Waals surface area contributed by atoms with Gasteiger partial charge in [0.1, 0.15) is 0 Å². The molecule has 0 aliphatic rings. The van der Waals surface area contributed by atoms with Gasteiger partial charge in [-0.2, -0.15) is 0 Å². The van der Waals surface area contributed by atoms with Crippen LogP contribution in [0.5, 0.6) is 0 Å². The summed E-state index contributed by atoms with van der Waals surface area (Å²) < 4.78 is 0. The maximum atomic E-state index is 5.31. The predicted molar refractivity (Wildman–Crippen MR) is 65.3 cm³/mol. The van der Waals surface area contributed by atoms with Crippen LogP contribution in [0.1, 0.15) is 72.1 Å². The van der Waals surface area contributed by atoms with Gasteiger partial charge in [-0.3, -0.25) is 0 Å². The van der Waals surface area contributed by atoms with E-state index in [1.54, 1.807) is 6.08 Å². The van der Waals surface area contributed by atoms with Crippen molar-refractivity contribution in [2.45, 2.75) is 72.1 Å². The lowest BCUT2D eigenvalue weighted by molar-refractivity contribution is 0.356. The molecule has 0 aromatic heterocycles. The Hall–Kier alpha value is -0.260. The first kappa shape index (κ1) is 13.7. The molecule has 0 unspecified atom stereocenters. The Morgan fingerprint density at radius 1 is 0.857 bits per heavy atom. The highest BCUT2D eigenvalue weighted by atomic mass is 14.1. The summed E-state index contributed by atoms with van der Waals surface area (Å²) in [6, 6.07) is 0. The molecule has 0 aromatic carbocycles. The topological polar surface area (TPSA) is 0 Å². The van der Waals surface area contributed by atoms with Crippen LogP contribution in [0.3, 0.4) is 0 Å². The second kappa shape index (κ2) is 8.08. The standard InChI is InChI=1S/C14H27/c1-5-6-7-8-9-10-11-12-13-14(2,3)4/h1,5H,6-13H2,2-4H3. The fourth-order valence-electron chi connectivity index (χ4n) is 1.62. The van der Waals surface area contributed by atoms with E-state index < -0.39 is 0 Å². The van der Waals surface area contributed by atoms with Crippen molar-refractivity contribution >= 4 is 0 Å². The molecule has 0 bridgehead atoms. The lowest BCUT2D eigenvalue weighted by Gasteiger charge is -2.17. The molecule has 0 fully saturated rings. The zero-order chi connectivity index (χ0) is 10.9. The van der Waals surface area contributed by atoms with E-state index in [-0.39, 0.29) is 0 Å². The van der Waals surface area contributed by atoms with Crippen LogP contribution >= 0.6 is 0 Å². The third-order valence-electron chi connectivity index (χ3n) is 2.55. The molecule has 1 radical (unpaired) electrons. The molecule has 0 N–H and O–H groups in total. The quantitative estimate of drug-likeness (QED) is 0.470. The number of allylic oxidation sites excluding steroid dienone is 1. The van der Waals surface area contributed by atoms with Gasteiger partial charge in [0.05, 0.1) is 0 Å². The molecule has 0 amide bonds. The van der Waals surface area contributed by atoms with Gasteiger partial charge < -0.3 is 0 Å². The van der Waals surface area contributed by atoms with Crippen molar-refractivity contribution in [1.82, 2.24) is 0 Å². The molecule has 0 saturated carbocycles. The summed E-state index contributed by atoms with van der Waals surface area (Å²) >= 11 is 0. The molecule has 0 rings (SSSR count). The summed E-state index contributed by atoms with van der Waals surface area (Å²) in [4.78, 5) is 0. The summed E-state index contributed by atoms with van der Waals surface area (Å²) in [5.41, 5.74) is 0.522. The van der Waals surface area contributed by atoms with Crippen molar-refractivity contribution in [3.63, 3.8) is 0 Å². The SMILES string of the molecule is [CH]=CCCCCCCCCC(C)(C)C. The first-order valence-electron chi connectivity index (χ1n) is 6.10. The molecule has 0 heteroatoms. The van der Waals surface area contributed by atoms with Crippen LogP contribution in [0.15, 0.2) is 6.08 Å². The van der Waals surface area contributed by atoms with E-state index >= 15 is 0 Å². The molecule has 0 saturated heterocycles. The molecule has 0 aliphatic heterocycles. The maximum absolute atomic E-state index is 5.31. The molecule has 0 nitrogen and oxygen atoms in total. The molecule has 0 spiro atoms. The van der Waals surface area contributed by atoms with E-state index in [4.69, 9.17) is 6.58 Å². The highest BCUT2D eigenvalue weighted by Gasteiger charge is 2.08. The monoisotopic (exact) mass is 195 g/mol. The normalized spacial score (nSPS) is 11.6. The Kier molecular flexibility index (Phi) is 7.93. The minimum atomic E-state index is 0.522. The molecule has 0 atom stereocenters. The third-order valence-corrected chi connectivity index (χ3v) is 2.55. The predicted octanol–water partition coefficient (Wildman–Crippen LogP) is 5.14. The number of unbranched alkanes of at least 4 members (excludes halogenated alkanes) is 6. The van der Waals surface area contributed by atoms with Gasteiger partial charge in [0.25, 0.3) is 0 Å². The first-order chi connectivity index (χ1) is 6.56. The van der Waals surface area contributed by atoms with Crippen molar-refractivity contribution in [3.8, 4) is 0 Å². The van der Waals surface area contributed by atoms with Crippen LogP contribution < -0.4 is 0 Å². The van der Waals surface area contributed by atoms with Crippen molar-refractivity contribution in [3.05, 3.63) is 12.7 Å². The molecular formula is C14H27. The van der Waals surface area contributed by atoms with Gasteiger partial charge in [-0.25, -0.2) is 0 Å². The van der Waals surface area contributed by atoms with E-state index in [1.165, 1.54) is 44.9 Å². The second-order valence-electron chi connectivity index (χ2n) is 5.46. The largest absolute Gasteiger partial charge is 0.0845 e. The summed E-state index contributed by atoms with van der Waals surface area (Å²) in [6.45, 7) is 12.3. The van der Waals surface area contributed by atoms with Gasteiger partial charge in [-0.05, 0) is 24.7 Å². The second-order valence-corrected chi connectivity index (χ2v) is 5.46. The Morgan fingerprint density at radius 2 is 1.36 bits per heavy atom. The summed E-state index contributed by atoms with van der Waals surface area (Å²) in [5, 5.41) is 0. The summed E-state index contributed by atoms with van der Waals surface area (Å²) in [5.74, 6) is 0. The summed E-state index contributed by atoms with van der Waals surface area (Å²) in [7, 11) is 0. The lowest BCUT2D eigenvalue weighted by atomic mass is 9.89. The Morgan fingerprint density at radius 3 is 1.86 bits per heavy atom. The minimum absolute atomic E-state index is 0.522. The van der Waals surface area contributed by atoms with Gasteiger partial charge in [0, 0.05) is 0 Å². The summed E-state index contributed by atoms with van der Waals surface area (Å²) in [6.07, 6.45) is 12.4. The molecule has 83 valence electrons. The number of hydrogen-bond acceptors (Lipinski definition) is 0. The van der Waals surface area contributed by atoms with E-state index in [2.05, 4.69) is 20.8 Å². The van der Waals surface area contributed by atoms with E-state index in [1.807, 2.05) is 0 Å². The van der Waals surface area contributed by atoms with Crippen molar-refractivity contribution in [2.75, 3.05) is 0 Å². The lowest BCUT2D eigenvalue weighted by Crippen LogP contribution is -2.03. The van der Waals surface area contributed by atoms with Crippen molar-refractivity contribution in [1.29, 1.82) is 0 Å². The van der Waals surface area contributed by atoms with E-state index in [0.29, 0.717) is 5.41 Å². The van der Waals surface area contributed by atoms with Gasteiger partial charge in [-0.15, -0.1) is 0 Å². The highest BCUT2D eigenvalue weighted by Crippen LogP contribution is 2.22. The Balaban J connectivity index is 3.03. The van der Waals surface area contributed by atoms with Crippen LogP contribution in [0, 0.1) is 12.0 Å². The molecule has 0 heterocycles. The molecule has 0 aromatic rings. The van der Waals surface area contributed by atoms with Crippen LogP contribution in [0.25, 0.3) is 0 Å². The van der Waals surface area contributed by atoms with Crippen LogP contribution in [0.4, 0.5) is 0 Å². The van der Waals surface area contributed by atoms with Gasteiger partial charge >= 0.3 is 0 Å².